The number of carbonyl (C=O) groups excluding carboxylic acids is 2. The Bertz CT molecular complexity index is 808. The standard InChI is InChI=1S/C21H26N4O2.ClH/c1-14(2)24-21(27)25-17-9-7-16(8-10-17)20(26)23-13-19-18-6-4-3-5-15(18)11-12-22-19;/h3-10,14,19,22H,11-13H2,1-2H3,(H,23,26)(H2,24,25,27);1H. The van der Waals surface area contributed by atoms with E-state index in [9.17, 15) is 9.59 Å². The van der Waals surface area contributed by atoms with Gasteiger partial charge in [0.15, 0.2) is 0 Å². The summed E-state index contributed by atoms with van der Waals surface area (Å²) in [4.78, 5) is 24.2. The molecule has 28 heavy (non-hydrogen) atoms. The van der Waals surface area contributed by atoms with Crippen molar-refractivity contribution in [2.75, 3.05) is 18.4 Å². The summed E-state index contributed by atoms with van der Waals surface area (Å²) in [6.45, 7) is 5.24. The Morgan fingerprint density at radius 2 is 1.82 bits per heavy atom. The highest BCUT2D eigenvalue weighted by Crippen LogP contribution is 2.22. The van der Waals surface area contributed by atoms with Gasteiger partial charge in [0.05, 0.1) is 0 Å². The number of nitrogens with one attached hydrogen (secondary N) is 4. The molecule has 4 N–H and O–H groups in total. The largest absolute Gasteiger partial charge is 0.350 e. The molecule has 2 aromatic rings. The van der Waals surface area contributed by atoms with Gasteiger partial charge in [-0.3, -0.25) is 4.79 Å². The van der Waals surface area contributed by atoms with Crippen LogP contribution < -0.4 is 21.3 Å². The number of rotatable bonds is 5. The first-order chi connectivity index (χ1) is 13.0. The van der Waals surface area contributed by atoms with E-state index in [2.05, 4.69) is 39.5 Å². The zero-order chi connectivity index (χ0) is 19.2. The molecule has 0 bridgehead atoms. The molecule has 3 rings (SSSR count). The number of hydrogen-bond donors (Lipinski definition) is 4. The summed E-state index contributed by atoms with van der Waals surface area (Å²) in [5.41, 5.74) is 3.80. The maximum absolute atomic E-state index is 12.4. The number of amides is 3. The van der Waals surface area contributed by atoms with Crippen molar-refractivity contribution in [1.82, 2.24) is 16.0 Å². The van der Waals surface area contributed by atoms with Crippen molar-refractivity contribution < 1.29 is 9.59 Å². The average Bonchev–Trinajstić information content (AvgIpc) is 2.66. The number of anilines is 1. The van der Waals surface area contributed by atoms with E-state index in [1.54, 1.807) is 24.3 Å². The number of carbonyl (C=O) groups is 2. The minimum Gasteiger partial charge on any atom is -0.350 e. The Morgan fingerprint density at radius 1 is 1.11 bits per heavy atom. The molecule has 3 amide bonds. The minimum atomic E-state index is -0.260. The predicted octanol–water partition coefficient (Wildman–Crippen LogP) is 3.26. The van der Waals surface area contributed by atoms with Crippen LogP contribution in [0.15, 0.2) is 48.5 Å². The predicted molar refractivity (Wildman–Crippen MR) is 114 cm³/mol. The monoisotopic (exact) mass is 402 g/mol. The van der Waals surface area contributed by atoms with Crippen LogP contribution in [0.2, 0.25) is 0 Å². The van der Waals surface area contributed by atoms with Gasteiger partial charge in [-0.15, -0.1) is 12.4 Å². The van der Waals surface area contributed by atoms with Crippen molar-refractivity contribution in [3.63, 3.8) is 0 Å². The van der Waals surface area contributed by atoms with Crippen LogP contribution in [0, 0.1) is 0 Å². The average molecular weight is 403 g/mol. The molecule has 7 heteroatoms. The Balaban J connectivity index is 0.00000280. The molecular weight excluding hydrogens is 376 g/mol. The maximum Gasteiger partial charge on any atom is 0.319 e. The van der Waals surface area contributed by atoms with Gasteiger partial charge in [0.25, 0.3) is 5.91 Å². The second-order valence-corrected chi connectivity index (χ2v) is 7.00. The Hall–Kier alpha value is -2.57. The van der Waals surface area contributed by atoms with E-state index in [-0.39, 0.29) is 36.4 Å². The molecule has 2 aromatic carbocycles. The van der Waals surface area contributed by atoms with E-state index in [1.807, 2.05) is 19.9 Å². The van der Waals surface area contributed by atoms with Gasteiger partial charge in [-0.1, -0.05) is 24.3 Å². The zero-order valence-corrected chi connectivity index (χ0v) is 16.9. The minimum absolute atomic E-state index is 0. The fourth-order valence-corrected chi connectivity index (χ4v) is 3.21. The number of urea groups is 1. The van der Waals surface area contributed by atoms with Crippen LogP contribution >= 0.6 is 12.4 Å². The third-order valence-electron chi connectivity index (χ3n) is 4.51. The highest BCUT2D eigenvalue weighted by Gasteiger charge is 2.19. The lowest BCUT2D eigenvalue weighted by atomic mass is 9.94. The van der Waals surface area contributed by atoms with Crippen LogP contribution in [0.5, 0.6) is 0 Å². The van der Waals surface area contributed by atoms with Crippen molar-refractivity contribution in [2.45, 2.75) is 32.4 Å². The molecule has 1 aliphatic heterocycles. The molecule has 0 radical (unpaired) electrons. The molecule has 1 aliphatic rings. The van der Waals surface area contributed by atoms with Gasteiger partial charge in [0.1, 0.15) is 0 Å². The zero-order valence-electron chi connectivity index (χ0n) is 16.1. The quantitative estimate of drug-likeness (QED) is 0.619. The van der Waals surface area contributed by atoms with Crippen molar-refractivity contribution in [3.05, 3.63) is 65.2 Å². The fraction of sp³-hybridized carbons (Fsp3) is 0.333. The Kier molecular flexibility index (Phi) is 7.84. The molecule has 0 aromatic heterocycles. The molecule has 6 nitrogen and oxygen atoms in total. The third-order valence-corrected chi connectivity index (χ3v) is 4.51. The Morgan fingerprint density at radius 3 is 2.54 bits per heavy atom. The number of hydrogen-bond acceptors (Lipinski definition) is 3. The summed E-state index contributed by atoms with van der Waals surface area (Å²) in [7, 11) is 0. The first-order valence-electron chi connectivity index (χ1n) is 9.30. The van der Waals surface area contributed by atoms with E-state index in [0.29, 0.717) is 17.8 Å². The van der Waals surface area contributed by atoms with Crippen LogP contribution in [0.3, 0.4) is 0 Å². The summed E-state index contributed by atoms with van der Waals surface area (Å²) >= 11 is 0. The molecule has 1 unspecified atom stereocenters. The molecule has 150 valence electrons. The molecule has 0 fully saturated rings. The summed E-state index contributed by atoms with van der Waals surface area (Å²) < 4.78 is 0. The van der Waals surface area contributed by atoms with Crippen LogP contribution in [-0.4, -0.2) is 31.1 Å². The van der Waals surface area contributed by atoms with Crippen LogP contribution in [-0.2, 0) is 6.42 Å². The van der Waals surface area contributed by atoms with Crippen molar-refractivity contribution in [2.24, 2.45) is 0 Å². The van der Waals surface area contributed by atoms with Gasteiger partial charge in [-0.05, 0) is 62.2 Å². The Labute approximate surface area is 171 Å². The summed E-state index contributed by atoms with van der Waals surface area (Å²) in [5.74, 6) is -0.127. The van der Waals surface area contributed by atoms with E-state index in [1.165, 1.54) is 11.1 Å². The molecule has 0 saturated heterocycles. The van der Waals surface area contributed by atoms with Gasteiger partial charge >= 0.3 is 6.03 Å². The SMILES string of the molecule is CC(C)NC(=O)Nc1ccc(C(=O)NCC2NCCc3ccccc32)cc1.Cl. The molecule has 1 heterocycles. The first-order valence-corrected chi connectivity index (χ1v) is 9.30. The number of fused-ring (bicyclic) bond motifs is 1. The summed E-state index contributed by atoms with van der Waals surface area (Å²) in [6, 6.07) is 15.1. The smallest absolute Gasteiger partial charge is 0.319 e. The van der Waals surface area contributed by atoms with Gasteiger partial charge in [-0.2, -0.15) is 0 Å². The van der Waals surface area contributed by atoms with Crippen molar-refractivity contribution in [3.8, 4) is 0 Å². The molecule has 0 saturated carbocycles. The molecule has 1 atom stereocenters. The fourth-order valence-electron chi connectivity index (χ4n) is 3.21. The molecular formula is C21H27ClN4O2. The van der Waals surface area contributed by atoms with Gasteiger partial charge in [0.2, 0.25) is 0 Å². The normalized spacial score (nSPS) is 15.2. The second-order valence-electron chi connectivity index (χ2n) is 7.00. The number of halogens is 1. The van der Waals surface area contributed by atoms with E-state index < -0.39 is 0 Å². The van der Waals surface area contributed by atoms with Crippen LogP contribution in [0.25, 0.3) is 0 Å². The first kappa shape index (κ1) is 21.7. The molecule has 0 aliphatic carbocycles. The summed E-state index contributed by atoms with van der Waals surface area (Å²) in [5, 5.41) is 12.0. The van der Waals surface area contributed by atoms with Crippen LogP contribution in [0.1, 0.15) is 41.4 Å². The maximum atomic E-state index is 12.4. The highest BCUT2D eigenvalue weighted by atomic mass is 35.5. The van der Waals surface area contributed by atoms with Crippen LogP contribution in [0.4, 0.5) is 10.5 Å². The lowest BCUT2D eigenvalue weighted by Crippen LogP contribution is -2.38. The van der Waals surface area contributed by atoms with E-state index in [0.717, 1.165) is 13.0 Å². The van der Waals surface area contributed by atoms with Crippen molar-refractivity contribution >= 4 is 30.0 Å². The van der Waals surface area contributed by atoms with Gasteiger partial charge < -0.3 is 21.3 Å². The van der Waals surface area contributed by atoms with Crippen molar-refractivity contribution in [1.29, 1.82) is 0 Å². The lowest BCUT2D eigenvalue weighted by molar-refractivity contribution is 0.0949. The highest BCUT2D eigenvalue weighted by molar-refractivity contribution is 5.95. The van der Waals surface area contributed by atoms with Gasteiger partial charge in [-0.25, -0.2) is 4.79 Å². The summed E-state index contributed by atoms with van der Waals surface area (Å²) in [6.07, 6.45) is 1.01. The second kappa shape index (κ2) is 10.1. The third kappa shape index (κ3) is 5.71. The van der Waals surface area contributed by atoms with E-state index in [4.69, 9.17) is 0 Å². The molecule has 0 spiro atoms. The van der Waals surface area contributed by atoms with Gasteiger partial charge in [0, 0.05) is 29.9 Å². The topological polar surface area (TPSA) is 82.3 Å². The lowest BCUT2D eigenvalue weighted by Gasteiger charge is -2.27. The number of benzene rings is 2. The van der Waals surface area contributed by atoms with E-state index >= 15 is 0 Å².